The Kier molecular flexibility index (Phi) is 6.17. The van der Waals surface area contributed by atoms with Crippen molar-refractivity contribution in [3.8, 4) is 11.3 Å². The lowest BCUT2D eigenvalue weighted by Crippen LogP contribution is -2.32. The highest BCUT2D eigenvalue weighted by atomic mass is 15.1. The minimum atomic E-state index is 0.424. The van der Waals surface area contributed by atoms with Gasteiger partial charge in [0, 0.05) is 42.9 Å². The molecule has 1 aliphatic rings. The Hall–Kier alpha value is -3.84. The molecule has 35 heavy (non-hydrogen) atoms. The van der Waals surface area contributed by atoms with Crippen LogP contribution >= 0.6 is 0 Å². The lowest BCUT2D eigenvalue weighted by molar-refractivity contribution is 0.194. The lowest BCUT2D eigenvalue weighted by atomic mass is 9.74. The van der Waals surface area contributed by atoms with Gasteiger partial charge in [0.15, 0.2) is 0 Å². The van der Waals surface area contributed by atoms with E-state index < -0.39 is 0 Å². The van der Waals surface area contributed by atoms with Crippen LogP contribution in [-0.2, 0) is 0 Å². The van der Waals surface area contributed by atoms with Crippen molar-refractivity contribution in [2.24, 2.45) is 10.9 Å². The van der Waals surface area contributed by atoms with Gasteiger partial charge in [-0.25, -0.2) is 15.0 Å². The van der Waals surface area contributed by atoms with Crippen LogP contribution in [0, 0.1) is 5.92 Å². The van der Waals surface area contributed by atoms with Crippen LogP contribution in [0.3, 0.4) is 0 Å². The Balaban J connectivity index is 1.57. The molecular weight excluding hydrogens is 434 g/mol. The van der Waals surface area contributed by atoms with Gasteiger partial charge in [0.1, 0.15) is 22.9 Å². The van der Waals surface area contributed by atoms with Crippen molar-refractivity contribution in [1.29, 1.82) is 0 Å². The summed E-state index contributed by atoms with van der Waals surface area (Å²) in [4.78, 5) is 21.0. The standard InChI is InChI=1S/C28H31N7/c1-5-6-7-22(30-2)23-11-10-19-8-9-20(16-24(19)32-23)25-26-27(29)31-12-13-35(26)28(33-25)21-14-18(15-21)17-34(3)4/h5-13,16,18,21H,1,14-15,17H2,2-4H3,(H2,29,31)/b7-6-,30-22?. The second-order valence-electron chi connectivity index (χ2n) is 9.45. The molecule has 0 spiro atoms. The molecule has 1 fully saturated rings. The third kappa shape index (κ3) is 4.35. The predicted octanol–water partition coefficient (Wildman–Crippen LogP) is 4.74. The van der Waals surface area contributed by atoms with Gasteiger partial charge in [-0.15, -0.1) is 0 Å². The van der Waals surface area contributed by atoms with Crippen molar-refractivity contribution < 1.29 is 0 Å². The number of nitrogens with zero attached hydrogens (tertiary/aromatic N) is 6. The van der Waals surface area contributed by atoms with E-state index >= 15 is 0 Å². The molecular formula is C28H31N7. The number of rotatable bonds is 7. The van der Waals surface area contributed by atoms with Gasteiger partial charge in [0.2, 0.25) is 0 Å². The number of allylic oxidation sites excluding steroid dienone is 3. The molecule has 0 saturated heterocycles. The highest BCUT2D eigenvalue weighted by Crippen LogP contribution is 2.43. The molecule has 1 aromatic carbocycles. The van der Waals surface area contributed by atoms with Crippen LogP contribution in [-0.4, -0.2) is 57.7 Å². The average Bonchev–Trinajstić information content (AvgIpc) is 3.21. The summed E-state index contributed by atoms with van der Waals surface area (Å²) in [6, 6.07) is 10.3. The highest BCUT2D eigenvalue weighted by molar-refractivity contribution is 6.08. The number of nitrogens with two attached hydrogens (primary N) is 1. The maximum absolute atomic E-state index is 6.38. The summed E-state index contributed by atoms with van der Waals surface area (Å²) in [6.45, 7) is 4.85. The molecule has 0 bridgehead atoms. The number of pyridine rings is 1. The van der Waals surface area contributed by atoms with Crippen LogP contribution in [0.4, 0.5) is 5.82 Å². The van der Waals surface area contributed by atoms with Crippen LogP contribution in [0.15, 0.2) is 72.5 Å². The molecule has 0 radical (unpaired) electrons. The number of benzene rings is 1. The molecule has 0 unspecified atom stereocenters. The van der Waals surface area contributed by atoms with Gasteiger partial charge in [0.05, 0.1) is 16.9 Å². The van der Waals surface area contributed by atoms with Crippen LogP contribution in [0.25, 0.3) is 27.7 Å². The third-order valence-corrected chi connectivity index (χ3v) is 6.69. The van der Waals surface area contributed by atoms with Crippen molar-refractivity contribution in [3.05, 3.63) is 79.1 Å². The van der Waals surface area contributed by atoms with E-state index in [0.717, 1.165) is 64.3 Å². The van der Waals surface area contributed by atoms with Gasteiger partial charge in [-0.2, -0.15) is 0 Å². The summed E-state index contributed by atoms with van der Waals surface area (Å²) in [6.07, 6.45) is 11.5. The minimum Gasteiger partial charge on any atom is -0.382 e. The first-order chi connectivity index (χ1) is 17.0. The molecule has 0 atom stereocenters. The number of nitrogen functional groups attached to an aromatic ring is 1. The quantitative estimate of drug-likeness (QED) is 0.315. The van der Waals surface area contributed by atoms with Crippen molar-refractivity contribution in [3.63, 3.8) is 0 Å². The molecule has 3 aromatic heterocycles. The molecule has 3 heterocycles. The van der Waals surface area contributed by atoms with Crippen molar-refractivity contribution >= 4 is 27.9 Å². The first kappa shape index (κ1) is 22.9. The summed E-state index contributed by atoms with van der Waals surface area (Å²) in [5, 5.41) is 1.06. The zero-order valence-corrected chi connectivity index (χ0v) is 20.5. The van der Waals surface area contributed by atoms with E-state index in [0.29, 0.717) is 17.7 Å². The Bertz CT molecular complexity index is 1460. The van der Waals surface area contributed by atoms with Gasteiger partial charge in [-0.05, 0) is 51.1 Å². The summed E-state index contributed by atoms with van der Waals surface area (Å²) in [5.74, 6) is 2.68. The Labute approximate surface area is 205 Å². The zero-order valence-electron chi connectivity index (χ0n) is 20.5. The number of fused-ring (bicyclic) bond motifs is 2. The second kappa shape index (κ2) is 9.43. The molecule has 7 nitrogen and oxygen atoms in total. The van der Waals surface area contributed by atoms with Crippen LogP contribution in [0.1, 0.15) is 30.3 Å². The molecule has 7 heteroatoms. The van der Waals surface area contributed by atoms with E-state index in [4.69, 9.17) is 15.7 Å². The maximum Gasteiger partial charge on any atom is 0.150 e. The topological polar surface area (TPSA) is 84.7 Å². The maximum atomic E-state index is 6.38. The molecule has 1 aliphatic carbocycles. The van der Waals surface area contributed by atoms with Crippen LogP contribution < -0.4 is 5.73 Å². The number of aromatic nitrogens is 4. The number of hydrogen-bond donors (Lipinski definition) is 1. The van der Waals surface area contributed by atoms with E-state index in [1.165, 1.54) is 0 Å². The summed E-state index contributed by atoms with van der Waals surface area (Å²) < 4.78 is 2.13. The molecule has 0 amide bonds. The molecule has 5 rings (SSSR count). The fourth-order valence-electron chi connectivity index (χ4n) is 5.03. The Morgan fingerprint density at radius 1 is 1.23 bits per heavy atom. The number of imidazole rings is 1. The molecule has 178 valence electrons. The lowest BCUT2D eigenvalue weighted by Gasteiger charge is -2.36. The summed E-state index contributed by atoms with van der Waals surface area (Å²) in [5.41, 5.74) is 11.6. The van der Waals surface area contributed by atoms with Crippen LogP contribution in [0.2, 0.25) is 0 Å². The van der Waals surface area contributed by atoms with Crippen molar-refractivity contribution in [1.82, 2.24) is 24.3 Å². The van der Waals surface area contributed by atoms with E-state index in [2.05, 4.69) is 64.2 Å². The fourth-order valence-corrected chi connectivity index (χ4v) is 5.03. The molecule has 1 saturated carbocycles. The summed E-state index contributed by atoms with van der Waals surface area (Å²) in [7, 11) is 6.03. The molecule has 0 aliphatic heterocycles. The monoisotopic (exact) mass is 465 g/mol. The normalized spacial score (nSPS) is 18.6. The number of aliphatic imine (C=N–C) groups is 1. The first-order valence-corrected chi connectivity index (χ1v) is 11.9. The van der Waals surface area contributed by atoms with Crippen molar-refractivity contribution in [2.75, 3.05) is 33.4 Å². The van der Waals surface area contributed by atoms with E-state index in [-0.39, 0.29) is 0 Å². The number of hydrogen-bond acceptors (Lipinski definition) is 6. The zero-order chi connectivity index (χ0) is 24.5. The van der Waals surface area contributed by atoms with Crippen molar-refractivity contribution in [2.45, 2.75) is 18.8 Å². The fraction of sp³-hybridized carbons (Fsp3) is 0.286. The van der Waals surface area contributed by atoms with E-state index in [1.54, 1.807) is 19.3 Å². The highest BCUT2D eigenvalue weighted by Gasteiger charge is 2.34. The second-order valence-corrected chi connectivity index (χ2v) is 9.45. The largest absolute Gasteiger partial charge is 0.382 e. The molecule has 4 aromatic rings. The smallest absolute Gasteiger partial charge is 0.150 e. The SMILES string of the molecule is C=C/C=C\C(=NC)c1ccc2ccc(-c3nc(C4CC(CN(C)C)C4)n4ccnc(N)c34)cc2n1. The van der Waals surface area contributed by atoms with Crippen LogP contribution in [0.5, 0.6) is 0 Å². The average molecular weight is 466 g/mol. The van der Waals surface area contributed by atoms with E-state index in [1.807, 2.05) is 24.4 Å². The van der Waals surface area contributed by atoms with E-state index in [9.17, 15) is 0 Å². The minimum absolute atomic E-state index is 0.424. The predicted molar refractivity (Wildman–Crippen MR) is 144 cm³/mol. The van der Waals surface area contributed by atoms with Gasteiger partial charge < -0.3 is 10.6 Å². The third-order valence-electron chi connectivity index (χ3n) is 6.69. The van der Waals surface area contributed by atoms with Gasteiger partial charge in [-0.3, -0.25) is 9.39 Å². The van der Waals surface area contributed by atoms with Gasteiger partial charge in [-0.1, -0.05) is 36.9 Å². The Morgan fingerprint density at radius 2 is 2.03 bits per heavy atom. The summed E-state index contributed by atoms with van der Waals surface area (Å²) >= 11 is 0. The molecule has 2 N–H and O–H groups in total. The number of anilines is 1. The Morgan fingerprint density at radius 3 is 2.77 bits per heavy atom. The van der Waals surface area contributed by atoms with Gasteiger partial charge >= 0.3 is 0 Å². The van der Waals surface area contributed by atoms with Gasteiger partial charge in [0.25, 0.3) is 0 Å². The first-order valence-electron chi connectivity index (χ1n) is 11.9.